The number of aryl methyl sites for hydroxylation is 2. The van der Waals surface area contributed by atoms with E-state index >= 15 is 0 Å². The number of carbonyl (C=O) groups excluding carboxylic acids is 1. The molecule has 0 radical (unpaired) electrons. The standard InChI is InChI=1S/C14H20N6O3/c1-9-14(20(22)23)11(3)19(16-9)8-13(21)17(4)7-12-6-15-18(5)10(12)2/h6H,7-8H2,1-5H3. The fraction of sp³-hybridized carbons (Fsp3) is 0.500. The molecule has 0 atom stereocenters. The van der Waals surface area contributed by atoms with Gasteiger partial charge in [0.2, 0.25) is 5.91 Å². The zero-order valence-corrected chi connectivity index (χ0v) is 13.9. The van der Waals surface area contributed by atoms with Crippen LogP contribution in [-0.2, 0) is 24.9 Å². The lowest BCUT2D eigenvalue weighted by Crippen LogP contribution is -2.30. The average Bonchev–Trinajstić information content (AvgIpc) is 2.92. The molecule has 0 bridgehead atoms. The Bertz CT molecular complexity index is 761. The van der Waals surface area contributed by atoms with Crippen molar-refractivity contribution in [3.05, 3.63) is 39.0 Å². The monoisotopic (exact) mass is 320 g/mol. The molecular formula is C14H20N6O3. The van der Waals surface area contributed by atoms with Crippen LogP contribution in [0.15, 0.2) is 6.20 Å². The minimum absolute atomic E-state index is 0.0314. The summed E-state index contributed by atoms with van der Waals surface area (Å²) in [4.78, 5) is 24.4. The third-order valence-corrected chi connectivity index (χ3v) is 3.98. The third kappa shape index (κ3) is 3.22. The van der Waals surface area contributed by atoms with Gasteiger partial charge in [0, 0.05) is 31.9 Å². The molecule has 2 aromatic heterocycles. The summed E-state index contributed by atoms with van der Waals surface area (Å²) in [5.41, 5.74) is 2.61. The normalized spacial score (nSPS) is 10.8. The van der Waals surface area contributed by atoms with E-state index in [1.165, 1.54) is 4.68 Å². The molecule has 0 aromatic carbocycles. The quantitative estimate of drug-likeness (QED) is 0.607. The first-order valence-corrected chi connectivity index (χ1v) is 7.12. The molecule has 0 aliphatic heterocycles. The van der Waals surface area contributed by atoms with Crippen LogP contribution < -0.4 is 0 Å². The molecule has 0 saturated heterocycles. The molecule has 0 unspecified atom stereocenters. The van der Waals surface area contributed by atoms with E-state index in [0.717, 1.165) is 11.3 Å². The predicted molar refractivity (Wildman–Crippen MR) is 82.8 cm³/mol. The number of nitro groups is 1. The molecule has 0 saturated carbocycles. The van der Waals surface area contributed by atoms with Crippen LogP contribution in [0.1, 0.15) is 22.6 Å². The highest BCUT2D eigenvalue weighted by molar-refractivity contribution is 5.75. The number of hydrogen-bond donors (Lipinski definition) is 0. The SMILES string of the molecule is Cc1nn(CC(=O)N(C)Cc2cnn(C)c2C)c(C)c1[N+](=O)[O-]. The van der Waals surface area contributed by atoms with Crippen LogP contribution in [-0.4, -0.2) is 42.3 Å². The molecule has 0 spiro atoms. The Balaban J connectivity index is 2.11. The molecule has 2 rings (SSSR count). The van der Waals surface area contributed by atoms with Gasteiger partial charge in [-0.25, -0.2) is 0 Å². The average molecular weight is 320 g/mol. The topological polar surface area (TPSA) is 99.1 Å². The minimum Gasteiger partial charge on any atom is -0.340 e. The third-order valence-electron chi connectivity index (χ3n) is 3.98. The van der Waals surface area contributed by atoms with E-state index in [0.29, 0.717) is 17.9 Å². The van der Waals surface area contributed by atoms with Gasteiger partial charge in [-0.2, -0.15) is 10.2 Å². The van der Waals surface area contributed by atoms with E-state index < -0.39 is 4.92 Å². The maximum absolute atomic E-state index is 12.3. The number of aromatic nitrogens is 4. The summed E-state index contributed by atoms with van der Waals surface area (Å²) < 4.78 is 3.13. The van der Waals surface area contributed by atoms with Gasteiger partial charge in [-0.05, 0) is 20.8 Å². The van der Waals surface area contributed by atoms with Crippen LogP contribution in [0.25, 0.3) is 0 Å². The predicted octanol–water partition coefficient (Wildman–Crippen LogP) is 1.11. The van der Waals surface area contributed by atoms with Crippen molar-refractivity contribution in [2.75, 3.05) is 7.05 Å². The van der Waals surface area contributed by atoms with E-state index in [1.807, 2.05) is 14.0 Å². The largest absolute Gasteiger partial charge is 0.340 e. The molecule has 2 aromatic rings. The van der Waals surface area contributed by atoms with Crippen molar-refractivity contribution >= 4 is 11.6 Å². The van der Waals surface area contributed by atoms with Gasteiger partial charge in [0.05, 0.1) is 11.1 Å². The summed E-state index contributed by atoms with van der Waals surface area (Å²) >= 11 is 0. The van der Waals surface area contributed by atoms with E-state index in [1.54, 1.807) is 36.7 Å². The smallest absolute Gasteiger partial charge is 0.312 e. The number of likely N-dealkylation sites (N-methyl/N-ethyl adjacent to an activating group) is 1. The summed E-state index contributed by atoms with van der Waals surface area (Å²) in [6, 6.07) is 0. The minimum atomic E-state index is -0.471. The van der Waals surface area contributed by atoms with Crippen LogP contribution in [0.2, 0.25) is 0 Å². The van der Waals surface area contributed by atoms with E-state index in [2.05, 4.69) is 10.2 Å². The Morgan fingerprint density at radius 1 is 1.35 bits per heavy atom. The molecule has 0 fully saturated rings. The lowest BCUT2D eigenvalue weighted by molar-refractivity contribution is -0.386. The first kappa shape index (κ1) is 16.7. The van der Waals surface area contributed by atoms with Gasteiger partial charge in [-0.3, -0.25) is 24.3 Å². The van der Waals surface area contributed by atoms with Crippen LogP contribution in [0.4, 0.5) is 5.69 Å². The Morgan fingerprint density at radius 2 is 2.00 bits per heavy atom. The maximum Gasteiger partial charge on any atom is 0.312 e. The van der Waals surface area contributed by atoms with Gasteiger partial charge < -0.3 is 4.90 Å². The molecular weight excluding hydrogens is 300 g/mol. The fourth-order valence-corrected chi connectivity index (χ4v) is 2.40. The Hall–Kier alpha value is -2.71. The molecule has 23 heavy (non-hydrogen) atoms. The Labute approximate surface area is 133 Å². The summed E-state index contributed by atoms with van der Waals surface area (Å²) in [5.74, 6) is -0.172. The number of amides is 1. The molecule has 1 amide bonds. The van der Waals surface area contributed by atoms with Crippen LogP contribution >= 0.6 is 0 Å². The zero-order valence-electron chi connectivity index (χ0n) is 13.9. The van der Waals surface area contributed by atoms with Crippen molar-refractivity contribution in [1.82, 2.24) is 24.5 Å². The molecule has 2 heterocycles. The van der Waals surface area contributed by atoms with Crippen molar-refractivity contribution < 1.29 is 9.72 Å². The Morgan fingerprint density at radius 3 is 2.48 bits per heavy atom. The van der Waals surface area contributed by atoms with Gasteiger partial charge >= 0.3 is 5.69 Å². The molecule has 9 heteroatoms. The van der Waals surface area contributed by atoms with E-state index in [9.17, 15) is 14.9 Å². The van der Waals surface area contributed by atoms with Crippen LogP contribution in [0, 0.1) is 30.9 Å². The van der Waals surface area contributed by atoms with E-state index in [-0.39, 0.29) is 18.1 Å². The second-order valence-corrected chi connectivity index (χ2v) is 5.56. The molecule has 0 N–H and O–H groups in total. The highest BCUT2D eigenvalue weighted by Crippen LogP contribution is 2.21. The number of carbonyl (C=O) groups is 1. The number of nitrogens with zero attached hydrogens (tertiary/aromatic N) is 6. The maximum atomic E-state index is 12.3. The van der Waals surface area contributed by atoms with E-state index in [4.69, 9.17) is 0 Å². The molecule has 0 aliphatic rings. The second-order valence-electron chi connectivity index (χ2n) is 5.56. The first-order chi connectivity index (χ1) is 10.7. The van der Waals surface area contributed by atoms with Crippen molar-refractivity contribution in [2.45, 2.75) is 33.9 Å². The lowest BCUT2D eigenvalue weighted by atomic mass is 10.2. The zero-order chi connectivity index (χ0) is 17.3. The van der Waals surface area contributed by atoms with Gasteiger partial charge in [0.25, 0.3) is 0 Å². The molecule has 124 valence electrons. The molecule has 9 nitrogen and oxygen atoms in total. The fourth-order valence-electron chi connectivity index (χ4n) is 2.40. The first-order valence-electron chi connectivity index (χ1n) is 7.12. The highest BCUT2D eigenvalue weighted by Gasteiger charge is 2.23. The van der Waals surface area contributed by atoms with Crippen molar-refractivity contribution in [3.63, 3.8) is 0 Å². The van der Waals surface area contributed by atoms with Gasteiger partial charge in [0.15, 0.2) is 0 Å². The van der Waals surface area contributed by atoms with Crippen LogP contribution in [0.5, 0.6) is 0 Å². The summed E-state index contributed by atoms with van der Waals surface area (Å²) in [7, 11) is 3.53. The van der Waals surface area contributed by atoms with Gasteiger partial charge in [-0.1, -0.05) is 0 Å². The van der Waals surface area contributed by atoms with Crippen LogP contribution in [0.3, 0.4) is 0 Å². The summed E-state index contributed by atoms with van der Waals surface area (Å²) in [6.07, 6.45) is 1.73. The summed E-state index contributed by atoms with van der Waals surface area (Å²) in [5, 5.41) is 19.2. The summed E-state index contributed by atoms with van der Waals surface area (Å²) in [6.45, 7) is 5.49. The van der Waals surface area contributed by atoms with Gasteiger partial charge in [-0.15, -0.1) is 0 Å². The lowest BCUT2D eigenvalue weighted by Gasteiger charge is -2.17. The van der Waals surface area contributed by atoms with Crippen molar-refractivity contribution in [2.24, 2.45) is 7.05 Å². The highest BCUT2D eigenvalue weighted by atomic mass is 16.6. The number of hydrogen-bond acceptors (Lipinski definition) is 5. The van der Waals surface area contributed by atoms with Gasteiger partial charge in [0.1, 0.15) is 17.9 Å². The number of rotatable bonds is 5. The van der Waals surface area contributed by atoms with Crippen molar-refractivity contribution in [1.29, 1.82) is 0 Å². The molecule has 0 aliphatic carbocycles. The second kappa shape index (κ2) is 6.19. The Kier molecular flexibility index (Phi) is 4.48. The van der Waals surface area contributed by atoms with Crippen molar-refractivity contribution in [3.8, 4) is 0 Å².